The van der Waals surface area contributed by atoms with Crippen molar-refractivity contribution in [2.45, 2.75) is 0 Å². The summed E-state index contributed by atoms with van der Waals surface area (Å²) < 4.78 is 1.55. The van der Waals surface area contributed by atoms with Gasteiger partial charge in [0.05, 0.1) is 5.69 Å². The van der Waals surface area contributed by atoms with Gasteiger partial charge < -0.3 is 10.3 Å². The molecule has 19 heavy (non-hydrogen) atoms. The molecule has 0 aliphatic rings. The molecule has 2 heterocycles. The number of benzene rings is 1. The molecule has 0 saturated heterocycles. The van der Waals surface area contributed by atoms with Crippen LogP contribution in [-0.2, 0) is 4.79 Å². The fourth-order valence-electron chi connectivity index (χ4n) is 1.83. The first-order valence-corrected chi connectivity index (χ1v) is 5.74. The molecule has 0 spiro atoms. The van der Waals surface area contributed by atoms with Crippen LogP contribution in [0.3, 0.4) is 0 Å². The number of carbonyl (C=O) groups is 1. The molecular weight excluding hydrogens is 242 g/mol. The molecule has 0 aliphatic heterocycles. The highest BCUT2D eigenvalue weighted by Gasteiger charge is 2.11. The molecule has 3 aromatic rings. The third-order valence-corrected chi connectivity index (χ3v) is 2.67. The number of H-pyrrole nitrogens is 1. The van der Waals surface area contributed by atoms with Crippen LogP contribution in [0, 0.1) is 0 Å². The van der Waals surface area contributed by atoms with Crippen LogP contribution in [0.25, 0.3) is 17.2 Å². The lowest BCUT2D eigenvalue weighted by molar-refractivity contribution is -0.105. The van der Waals surface area contributed by atoms with E-state index in [4.69, 9.17) is 0 Å². The van der Waals surface area contributed by atoms with Gasteiger partial charge in [-0.05, 0) is 0 Å². The smallest absolute Gasteiger partial charge is 0.229 e. The maximum Gasteiger partial charge on any atom is 0.229 e. The summed E-state index contributed by atoms with van der Waals surface area (Å²) in [5.74, 6) is 1.11. The second-order valence-corrected chi connectivity index (χ2v) is 3.87. The zero-order valence-corrected chi connectivity index (χ0v) is 9.95. The fraction of sp³-hybridized carbons (Fsp3) is 0. The van der Waals surface area contributed by atoms with Crippen molar-refractivity contribution in [2.75, 3.05) is 5.32 Å². The lowest BCUT2D eigenvalue weighted by Gasteiger charge is -2.00. The predicted octanol–water partition coefficient (Wildman–Crippen LogP) is 1.83. The van der Waals surface area contributed by atoms with Crippen molar-refractivity contribution in [3.63, 3.8) is 0 Å². The van der Waals surface area contributed by atoms with Gasteiger partial charge in [-0.2, -0.15) is 9.78 Å². The van der Waals surface area contributed by atoms with Gasteiger partial charge in [0, 0.05) is 24.0 Å². The molecule has 2 aromatic heterocycles. The first kappa shape index (κ1) is 11.2. The van der Waals surface area contributed by atoms with Crippen LogP contribution in [0.5, 0.6) is 0 Å². The van der Waals surface area contributed by atoms with Gasteiger partial charge in [0.2, 0.25) is 12.4 Å². The zero-order valence-electron chi connectivity index (χ0n) is 9.95. The Morgan fingerprint density at radius 1 is 1.26 bits per heavy atom. The van der Waals surface area contributed by atoms with Crippen LogP contribution < -0.4 is 5.32 Å². The molecule has 94 valence electrons. The molecule has 0 fully saturated rings. The van der Waals surface area contributed by atoms with E-state index in [1.165, 1.54) is 0 Å². The van der Waals surface area contributed by atoms with Gasteiger partial charge in [0.1, 0.15) is 5.82 Å². The Balaban J connectivity index is 2.09. The maximum atomic E-state index is 10.7. The monoisotopic (exact) mass is 253 g/mol. The van der Waals surface area contributed by atoms with E-state index in [0.717, 1.165) is 11.3 Å². The van der Waals surface area contributed by atoms with Gasteiger partial charge in [-0.15, -0.1) is 0 Å². The van der Waals surface area contributed by atoms with Crippen LogP contribution >= 0.6 is 0 Å². The number of rotatable bonds is 4. The topological polar surface area (TPSA) is 75.6 Å². The molecule has 2 N–H and O–H groups in total. The Morgan fingerprint density at radius 3 is 2.79 bits per heavy atom. The van der Waals surface area contributed by atoms with Crippen LogP contribution in [-0.4, -0.2) is 26.2 Å². The lowest BCUT2D eigenvalue weighted by Crippen LogP contribution is -2.05. The number of nitrogens with zero attached hydrogens (tertiary/aromatic N) is 3. The standard InChI is InChI=1S/C13H11N5O/c19-9-16-12-8-11(10-4-2-1-3-5-10)17-18(12)13-14-6-7-15-13/h1-9H,(H,14,15)(H,16,19). The number of amides is 1. The third-order valence-electron chi connectivity index (χ3n) is 2.67. The molecule has 6 heteroatoms. The van der Waals surface area contributed by atoms with E-state index in [0.29, 0.717) is 18.2 Å². The molecule has 0 atom stereocenters. The number of imidazole rings is 1. The van der Waals surface area contributed by atoms with Crippen molar-refractivity contribution in [3.05, 3.63) is 48.8 Å². The van der Waals surface area contributed by atoms with Gasteiger partial charge in [-0.25, -0.2) is 4.98 Å². The minimum Gasteiger partial charge on any atom is -0.329 e. The van der Waals surface area contributed by atoms with Crippen molar-refractivity contribution in [1.29, 1.82) is 0 Å². The Labute approximate surface area is 109 Å². The van der Waals surface area contributed by atoms with E-state index in [1.807, 2.05) is 30.3 Å². The molecular formula is C13H11N5O. The number of aromatic amines is 1. The van der Waals surface area contributed by atoms with Crippen LogP contribution in [0.2, 0.25) is 0 Å². The van der Waals surface area contributed by atoms with Crippen molar-refractivity contribution in [2.24, 2.45) is 0 Å². The van der Waals surface area contributed by atoms with E-state index in [9.17, 15) is 4.79 Å². The first-order chi connectivity index (χ1) is 9.38. The highest BCUT2D eigenvalue weighted by Crippen LogP contribution is 2.22. The minimum atomic E-state index is 0.548. The Hall–Kier alpha value is -2.89. The van der Waals surface area contributed by atoms with E-state index in [2.05, 4.69) is 20.4 Å². The lowest BCUT2D eigenvalue weighted by atomic mass is 10.2. The summed E-state index contributed by atoms with van der Waals surface area (Å²) in [6.07, 6.45) is 3.94. The summed E-state index contributed by atoms with van der Waals surface area (Å²) >= 11 is 0. The van der Waals surface area contributed by atoms with Crippen LogP contribution in [0.4, 0.5) is 5.82 Å². The summed E-state index contributed by atoms with van der Waals surface area (Å²) in [4.78, 5) is 17.7. The third kappa shape index (κ3) is 2.11. The van der Waals surface area contributed by atoms with E-state index in [-0.39, 0.29) is 0 Å². The normalized spacial score (nSPS) is 10.3. The van der Waals surface area contributed by atoms with Crippen molar-refractivity contribution >= 4 is 12.2 Å². The molecule has 3 rings (SSSR count). The number of nitrogens with one attached hydrogen (secondary N) is 2. The molecule has 0 radical (unpaired) electrons. The Bertz CT molecular complexity index is 672. The average molecular weight is 253 g/mol. The molecule has 0 bridgehead atoms. The van der Waals surface area contributed by atoms with E-state index >= 15 is 0 Å². The predicted molar refractivity (Wildman–Crippen MR) is 70.8 cm³/mol. The molecule has 1 aromatic carbocycles. The Morgan fingerprint density at radius 2 is 2.11 bits per heavy atom. The summed E-state index contributed by atoms with van der Waals surface area (Å²) in [7, 11) is 0. The van der Waals surface area contributed by atoms with Crippen molar-refractivity contribution in [3.8, 4) is 17.2 Å². The molecule has 6 nitrogen and oxygen atoms in total. The van der Waals surface area contributed by atoms with Gasteiger partial charge in [0.25, 0.3) is 0 Å². The molecule has 0 saturated carbocycles. The second-order valence-electron chi connectivity index (χ2n) is 3.87. The van der Waals surface area contributed by atoms with Crippen LogP contribution in [0.1, 0.15) is 0 Å². The molecule has 1 amide bonds. The zero-order chi connectivity index (χ0) is 13.1. The SMILES string of the molecule is O=CNc1cc(-c2ccccc2)nn1-c1ncc[nH]1. The van der Waals surface area contributed by atoms with Gasteiger partial charge in [-0.3, -0.25) is 4.79 Å². The van der Waals surface area contributed by atoms with Gasteiger partial charge >= 0.3 is 0 Å². The summed E-state index contributed by atoms with van der Waals surface area (Å²) in [5, 5.41) is 7.06. The van der Waals surface area contributed by atoms with E-state index < -0.39 is 0 Å². The number of carbonyl (C=O) groups excluding carboxylic acids is 1. The summed E-state index contributed by atoms with van der Waals surface area (Å²) in [5.41, 5.74) is 1.74. The first-order valence-electron chi connectivity index (χ1n) is 5.74. The quantitative estimate of drug-likeness (QED) is 0.696. The second kappa shape index (κ2) is 4.77. The number of hydrogen-bond acceptors (Lipinski definition) is 3. The number of anilines is 1. The Kier molecular flexibility index (Phi) is 2.82. The van der Waals surface area contributed by atoms with Gasteiger partial charge in [-0.1, -0.05) is 30.3 Å². The van der Waals surface area contributed by atoms with Crippen molar-refractivity contribution < 1.29 is 4.79 Å². The highest BCUT2D eigenvalue weighted by atomic mass is 16.1. The largest absolute Gasteiger partial charge is 0.329 e. The fourth-order valence-corrected chi connectivity index (χ4v) is 1.83. The summed E-state index contributed by atoms with van der Waals surface area (Å²) in [6.45, 7) is 0. The van der Waals surface area contributed by atoms with Crippen molar-refractivity contribution in [1.82, 2.24) is 19.7 Å². The maximum absolute atomic E-state index is 10.7. The van der Waals surface area contributed by atoms with Crippen LogP contribution in [0.15, 0.2) is 48.8 Å². The minimum absolute atomic E-state index is 0.548. The molecule has 0 aliphatic carbocycles. The van der Waals surface area contributed by atoms with E-state index in [1.54, 1.807) is 23.1 Å². The number of aromatic nitrogens is 4. The summed E-state index contributed by atoms with van der Waals surface area (Å²) in [6, 6.07) is 11.5. The van der Waals surface area contributed by atoms with Gasteiger partial charge in [0.15, 0.2) is 0 Å². The molecule has 0 unspecified atom stereocenters. The number of hydrogen-bond donors (Lipinski definition) is 2. The highest BCUT2D eigenvalue weighted by molar-refractivity contribution is 5.73. The average Bonchev–Trinajstić information content (AvgIpc) is 3.09.